The van der Waals surface area contributed by atoms with Crippen LogP contribution in [0.15, 0.2) is 0 Å². The Kier molecular flexibility index (Phi) is 4.61. The number of hydrogen-bond acceptors (Lipinski definition) is 3. The van der Waals surface area contributed by atoms with Crippen molar-refractivity contribution in [2.45, 2.75) is 31.6 Å². The molecule has 1 heterocycles. The zero-order chi connectivity index (χ0) is 14.1. The number of carbonyl (C=O) groups is 1. The summed E-state index contributed by atoms with van der Waals surface area (Å²) in [5.74, 6) is -1.32. The molecule has 3 atom stereocenters. The Bertz CT molecular complexity index is 307. The summed E-state index contributed by atoms with van der Waals surface area (Å²) in [6.07, 6.45) is -5.39. The van der Waals surface area contributed by atoms with E-state index in [1.54, 1.807) is 0 Å². The first-order valence-electron chi connectivity index (χ1n) is 5.82. The molecule has 1 aliphatic heterocycles. The fourth-order valence-electron chi connectivity index (χ4n) is 2.53. The molecule has 3 unspecified atom stereocenters. The van der Waals surface area contributed by atoms with Crippen molar-refractivity contribution in [2.75, 3.05) is 27.2 Å². The van der Waals surface area contributed by atoms with Gasteiger partial charge in [-0.3, -0.25) is 9.69 Å². The summed E-state index contributed by atoms with van der Waals surface area (Å²) in [6, 6.07) is -1.86. The van der Waals surface area contributed by atoms with Crippen molar-refractivity contribution in [3.63, 3.8) is 0 Å². The van der Waals surface area contributed by atoms with E-state index in [-0.39, 0.29) is 25.0 Å². The monoisotopic (exact) mass is 268 g/mol. The van der Waals surface area contributed by atoms with Crippen LogP contribution in [0.2, 0.25) is 0 Å². The second-order valence-corrected chi connectivity index (χ2v) is 5.12. The Hall–Kier alpha value is -0.820. The fourth-order valence-corrected chi connectivity index (χ4v) is 2.53. The first-order chi connectivity index (χ1) is 8.12. The molecular formula is C11H19F3N2O2. The summed E-state index contributed by atoms with van der Waals surface area (Å²) < 4.78 is 38.6. The van der Waals surface area contributed by atoms with Crippen LogP contribution in [-0.2, 0) is 4.79 Å². The van der Waals surface area contributed by atoms with Crippen molar-refractivity contribution in [3.8, 4) is 0 Å². The summed E-state index contributed by atoms with van der Waals surface area (Å²) in [4.78, 5) is 13.7. The second-order valence-electron chi connectivity index (χ2n) is 5.12. The molecule has 1 rings (SSSR count). The van der Waals surface area contributed by atoms with Crippen LogP contribution in [0, 0.1) is 5.92 Å². The molecular weight excluding hydrogens is 249 g/mol. The summed E-state index contributed by atoms with van der Waals surface area (Å²) in [5.41, 5.74) is 0. The molecule has 1 fully saturated rings. The molecule has 1 saturated heterocycles. The number of carboxylic acids is 1. The van der Waals surface area contributed by atoms with E-state index in [1.165, 1.54) is 4.90 Å². The van der Waals surface area contributed by atoms with Gasteiger partial charge in [0, 0.05) is 19.1 Å². The average molecular weight is 268 g/mol. The number of likely N-dealkylation sites (N-methyl/N-ethyl adjacent to an activating group) is 1. The van der Waals surface area contributed by atoms with Gasteiger partial charge in [0.25, 0.3) is 0 Å². The SMILES string of the molecule is CC1CN(C(CC(=O)O)C(F)(F)F)CC1N(C)C. The third kappa shape index (κ3) is 3.58. The van der Waals surface area contributed by atoms with Gasteiger partial charge in [-0.2, -0.15) is 13.2 Å². The Morgan fingerprint density at radius 2 is 2.00 bits per heavy atom. The average Bonchev–Trinajstić information content (AvgIpc) is 2.54. The quantitative estimate of drug-likeness (QED) is 0.834. The minimum absolute atomic E-state index is 0.0312. The number of alkyl halides is 3. The summed E-state index contributed by atoms with van der Waals surface area (Å²) in [7, 11) is 3.65. The number of hydrogen-bond donors (Lipinski definition) is 1. The van der Waals surface area contributed by atoms with Gasteiger partial charge in [-0.1, -0.05) is 6.92 Å². The number of nitrogens with zero attached hydrogens (tertiary/aromatic N) is 2. The van der Waals surface area contributed by atoms with E-state index in [0.29, 0.717) is 0 Å². The lowest BCUT2D eigenvalue weighted by molar-refractivity contribution is -0.188. The van der Waals surface area contributed by atoms with E-state index >= 15 is 0 Å². The van der Waals surface area contributed by atoms with Crippen molar-refractivity contribution >= 4 is 5.97 Å². The highest BCUT2D eigenvalue weighted by Crippen LogP contribution is 2.32. The van der Waals surface area contributed by atoms with Crippen LogP contribution in [0.5, 0.6) is 0 Å². The van der Waals surface area contributed by atoms with Crippen molar-refractivity contribution in [1.82, 2.24) is 9.80 Å². The first kappa shape index (κ1) is 15.2. The van der Waals surface area contributed by atoms with Crippen LogP contribution in [-0.4, -0.2) is 66.3 Å². The molecule has 0 aromatic rings. The van der Waals surface area contributed by atoms with Crippen LogP contribution in [0.1, 0.15) is 13.3 Å². The largest absolute Gasteiger partial charge is 0.481 e. The van der Waals surface area contributed by atoms with Gasteiger partial charge < -0.3 is 10.0 Å². The van der Waals surface area contributed by atoms with Gasteiger partial charge >= 0.3 is 12.1 Å². The van der Waals surface area contributed by atoms with E-state index in [2.05, 4.69) is 0 Å². The summed E-state index contributed by atoms with van der Waals surface area (Å²) in [5, 5.41) is 8.61. The fraction of sp³-hybridized carbons (Fsp3) is 0.909. The molecule has 7 heteroatoms. The number of aliphatic carboxylic acids is 1. The summed E-state index contributed by atoms with van der Waals surface area (Å²) >= 11 is 0. The molecule has 0 saturated carbocycles. The van der Waals surface area contributed by atoms with E-state index in [4.69, 9.17) is 5.11 Å². The van der Waals surface area contributed by atoms with Crippen molar-refractivity contribution in [2.24, 2.45) is 5.92 Å². The maximum absolute atomic E-state index is 12.9. The van der Waals surface area contributed by atoms with Gasteiger partial charge in [-0.15, -0.1) is 0 Å². The van der Waals surface area contributed by atoms with Crippen molar-refractivity contribution in [3.05, 3.63) is 0 Å². The highest BCUT2D eigenvalue weighted by Gasteiger charge is 2.48. The Labute approximate surface area is 104 Å². The van der Waals surface area contributed by atoms with Crippen LogP contribution in [0.4, 0.5) is 13.2 Å². The van der Waals surface area contributed by atoms with E-state index in [0.717, 1.165) is 0 Å². The molecule has 0 aromatic carbocycles. The molecule has 0 bridgehead atoms. The van der Waals surface area contributed by atoms with Gasteiger partial charge in [-0.05, 0) is 20.0 Å². The van der Waals surface area contributed by atoms with Gasteiger partial charge in [-0.25, -0.2) is 0 Å². The van der Waals surface area contributed by atoms with Gasteiger partial charge in [0.2, 0.25) is 0 Å². The van der Waals surface area contributed by atoms with Gasteiger partial charge in [0.05, 0.1) is 6.42 Å². The molecule has 0 spiro atoms. The third-order valence-corrected chi connectivity index (χ3v) is 3.45. The minimum atomic E-state index is -4.50. The topological polar surface area (TPSA) is 43.8 Å². The molecule has 0 aromatic heterocycles. The summed E-state index contributed by atoms with van der Waals surface area (Å²) in [6.45, 7) is 2.42. The van der Waals surface area contributed by atoms with Crippen LogP contribution < -0.4 is 0 Å². The number of halogens is 3. The standard InChI is InChI=1S/C11H19F3N2O2/c1-7-5-16(6-8(7)15(2)3)9(4-10(17)18)11(12,13)14/h7-9H,4-6H2,1-3H3,(H,17,18). The second kappa shape index (κ2) is 5.44. The highest BCUT2D eigenvalue weighted by atomic mass is 19.4. The number of likely N-dealkylation sites (tertiary alicyclic amines) is 1. The molecule has 18 heavy (non-hydrogen) atoms. The Morgan fingerprint density at radius 1 is 1.44 bits per heavy atom. The molecule has 1 aliphatic rings. The maximum atomic E-state index is 12.9. The van der Waals surface area contributed by atoms with Crippen molar-refractivity contribution < 1.29 is 23.1 Å². The Balaban J connectivity index is 2.80. The molecule has 0 amide bonds. The van der Waals surface area contributed by atoms with E-state index < -0.39 is 24.6 Å². The first-order valence-corrected chi connectivity index (χ1v) is 5.82. The van der Waals surface area contributed by atoms with Crippen molar-refractivity contribution in [1.29, 1.82) is 0 Å². The normalized spacial score (nSPS) is 27.7. The van der Waals surface area contributed by atoms with Gasteiger partial charge in [0.1, 0.15) is 6.04 Å². The predicted molar refractivity (Wildman–Crippen MR) is 60.3 cm³/mol. The predicted octanol–water partition coefficient (Wildman–Crippen LogP) is 1.27. The van der Waals surface area contributed by atoms with Gasteiger partial charge in [0.15, 0.2) is 0 Å². The lowest BCUT2D eigenvalue weighted by Gasteiger charge is -2.29. The van der Waals surface area contributed by atoms with E-state index in [9.17, 15) is 18.0 Å². The minimum Gasteiger partial charge on any atom is -0.481 e. The number of rotatable bonds is 4. The molecule has 4 nitrogen and oxygen atoms in total. The van der Waals surface area contributed by atoms with E-state index in [1.807, 2.05) is 25.9 Å². The lowest BCUT2D eigenvalue weighted by atomic mass is 10.1. The zero-order valence-electron chi connectivity index (χ0n) is 10.7. The third-order valence-electron chi connectivity index (χ3n) is 3.45. The molecule has 1 N–H and O–H groups in total. The molecule has 106 valence electrons. The molecule has 0 radical (unpaired) electrons. The van der Waals surface area contributed by atoms with Crippen LogP contribution >= 0.6 is 0 Å². The van der Waals surface area contributed by atoms with Crippen LogP contribution in [0.3, 0.4) is 0 Å². The lowest BCUT2D eigenvalue weighted by Crippen LogP contribution is -2.47. The molecule has 0 aliphatic carbocycles. The van der Waals surface area contributed by atoms with Crippen LogP contribution in [0.25, 0.3) is 0 Å². The zero-order valence-corrected chi connectivity index (χ0v) is 10.7. The maximum Gasteiger partial charge on any atom is 0.404 e. The Morgan fingerprint density at radius 3 is 2.33 bits per heavy atom. The highest BCUT2D eigenvalue weighted by molar-refractivity contribution is 5.67. The number of carboxylic acid groups (broad SMARTS) is 1. The smallest absolute Gasteiger partial charge is 0.404 e.